The van der Waals surface area contributed by atoms with Gasteiger partial charge in [-0.05, 0) is 30.9 Å². The third kappa shape index (κ3) is 3.23. The summed E-state index contributed by atoms with van der Waals surface area (Å²) in [6.45, 7) is 4.35. The Morgan fingerprint density at radius 1 is 1.40 bits per heavy atom. The van der Waals surface area contributed by atoms with E-state index in [1.807, 2.05) is 0 Å². The summed E-state index contributed by atoms with van der Waals surface area (Å²) in [6.07, 6.45) is 2.40. The van der Waals surface area contributed by atoms with E-state index in [0.29, 0.717) is 5.92 Å². The minimum atomic E-state index is 0.560. The molecule has 0 bridgehead atoms. The molecular formula is C13H19BrO. The Labute approximate surface area is 101 Å². The molecule has 1 aromatic carbocycles. The van der Waals surface area contributed by atoms with E-state index in [2.05, 4.69) is 48.0 Å². The Morgan fingerprint density at radius 2 is 2.13 bits per heavy atom. The van der Waals surface area contributed by atoms with Crippen molar-refractivity contribution in [2.24, 2.45) is 0 Å². The summed E-state index contributed by atoms with van der Waals surface area (Å²) in [4.78, 5) is 0. The molecule has 0 spiro atoms. The number of benzene rings is 1. The molecule has 0 saturated carbocycles. The van der Waals surface area contributed by atoms with Crippen molar-refractivity contribution in [1.82, 2.24) is 0 Å². The molecule has 0 fully saturated rings. The molecule has 0 amide bonds. The summed E-state index contributed by atoms with van der Waals surface area (Å²) < 4.78 is 5.41. The van der Waals surface area contributed by atoms with E-state index in [4.69, 9.17) is 4.74 Å². The number of hydrogen-bond acceptors (Lipinski definition) is 1. The SMILES string of the molecule is CCCC(CBr)c1cc(C)ccc1OC. The summed E-state index contributed by atoms with van der Waals surface area (Å²) in [6, 6.07) is 6.40. The van der Waals surface area contributed by atoms with Crippen LogP contribution in [-0.2, 0) is 0 Å². The summed E-state index contributed by atoms with van der Waals surface area (Å²) in [5.41, 5.74) is 2.63. The summed E-state index contributed by atoms with van der Waals surface area (Å²) in [5, 5.41) is 1.00. The zero-order chi connectivity index (χ0) is 11.3. The van der Waals surface area contributed by atoms with Gasteiger partial charge in [-0.25, -0.2) is 0 Å². The van der Waals surface area contributed by atoms with Gasteiger partial charge in [0.25, 0.3) is 0 Å². The van der Waals surface area contributed by atoms with Crippen LogP contribution < -0.4 is 4.74 Å². The number of ether oxygens (including phenoxy) is 1. The summed E-state index contributed by atoms with van der Waals surface area (Å²) in [7, 11) is 1.74. The van der Waals surface area contributed by atoms with Crippen LogP contribution in [0.4, 0.5) is 0 Å². The normalized spacial score (nSPS) is 12.5. The van der Waals surface area contributed by atoms with Gasteiger partial charge >= 0.3 is 0 Å². The lowest BCUT2D eigenvalue weighted by Gasteiger charge is -2.17. The lowest BCUT2D eigenvalue weighted by atomic mass is 9.94. The van der Waals surface area contributed by atoms with E-state index >= 15 is 0 Å². The molecule has 2 heteroatoms. The number of alkyl halides is 1. The first-order valence-corrected chi connectivity index (χ1v) is 6.55. The number of rotatable bonds is 5. The van der Waals surface area contributed by atoms with Crippen molar-refractivity contribution >= 4 is 15.9 Å². The fraction of sp³-hybridized carbons (Fsp3) is 0.538. The lowest BCUT2D eigenvalue weighted by molar-refractivity contribution is 0.405. The topological polar surface area (TPSA) is 9.23 Å². The van der Waals surface area contributed by atoms with Gasteiger partial charge in [-0.15, -0.1) is 0 Å². The first-order chi connectivity index (χ1) is 7.22. The van der Waals surface area contributed by atoms with Crippen LogP contribution in [0.3, 0.4) is 0 Å². The predicted octanol–water partition coefficient (Wildman–Crippen LogP) is 4.28. The molecule has 0 radical (unpaired) electrons. The second kappa shape index (κ2) is 6.16. The minimum absolute atomic E-state index is 0.560. The number of hydrogen-bond donors (Lipinski definition) is 0. The Bertz CT molecular complexity index is 309. The molecule has 0 N–H and O–H groups in total. The molecule has 1 aromatic rings. The van der Waals surface area contributed by atoms with Crippen LogP contribution in [0.15, 0.2) is 18.2 Å². The zero-order valence-electron chi connectivity index (χ0n) is 9.72. The van der Waals surface area contributed by atoms with Crippen LogP contribution in [0.5, 0.6) is 5.75 Å². The van der Waals surface area contributed by atoms with E-state index in [1.165, 1.54) is 24.0 Å². The van der Waals surface area contributed by atoms with Crippen LogP contribution in [-0.4, -0.2) is 12.4 Å². The smallest absolute Gasteiger partial charge is 0.122 e. The van der Waals surface area contributed by atoms with Crippen molar-refractivity contribution in [2.75, 3.05) is 12.4 Å². The summed E-state index contributed by atoms with van der Waals surface area (Å²) in [5.74, 6) is 1.57. The standard InChI is InChI=1S/C13H19BrO/c1-4-5-11(9-14)12-8-10(2)6-7-13(12)15-3/h6-8,11H,4-5,9H2,1-3H3. The molecule has 1 unspecified atom stereocenters. The number of halogens is 1. The molecule has 0 aliphatic heterocycles. The van der Waals surface area contributed by atoms with Gasteiger partial charge in [0.1, 0.15) is 5.75 Å². The van der Waals surface area contributed by atoms with Crippen molar-refractivity contribution in [1.29, 1.82) is 0 Å². The molecule has 1 nitrogen and oxygen atoms in total. The predicted molar refractivity (Wildman–Crippen MR) is 69.2 cm³/mol. The van der Waals surface area contributed by atoms with Gasteiger partial charge in [0, 0.05) is 5.33 Å². The van der Waals surface area contributed by atoms with E-state index < -0.39 is 0 Å². The second-order valence-corrected chi connectivity index (χ2v) is 4.53. The van der Waals surface area contributed by atoms with E-state index in [9.17, 15) is 0 Å². The quantitative estimate of drug-likeness (QED) is 0.726. The molecule has 0 aliphatic rings. The van der Waals surface area contributed by atoms with Gasteiger partial charge < -0.3 is 4.74 Å². The average molecular weight is 271 g/mol. The average Bonchev–Trinajstić information content (AvgIpc) is 2.26. The highest BCUT2D eigenvalue weighted by Gasteiger charge is 2.14. The van der Waals surface area contributed by atoms with Gasteiger partial charge in [-0.1, -0.05) is 47.0 Å². The second-order valence-electron chi connectivity index (χ2n) is 3.89. The Morgan fingerprint density at radius 3 is 2.67 bits per heavy atom. The van der Waals surface area contributed by atoms with Gasteiger partial charge in [0.15, 0.2) is 0 Å². The molecular weight excluding hydrogens is 252 g/mol. The first-order valence-electron chi connectivity index (χ1n) is 5.43. The maximum absolute atomic E-state index is 5.41. The first kappa shape index (κ1) is 12.6. The molecule has 0 aliphatic carbocycles. The van der Waals surface area contributed by atoms with Crippen LogP contribution in [0, 0.1) is 6.92 Å². The van der Waals surface area contributed by atoms with Gasteiger partial charge in [-0.2, -0.15) is 0 Å². The van der Waals surface area contributed by atoms with Crippen LogP contribution in [0.1, 0.15) is 36.8 Å². The molecule has 0 aromatic heterocycles. The molecule has 84 valence electrons. The van der Waals surface area contributed by atoms with E-state index in [-0.39, 0.29) is 0 Å². The van der Waals surface area contributed by atoms with Crippen molar-refractivity contribution in [2.45, 2.75) is 32.6 Å². The molecule has 0 heterocycles. The van der Waals surface area contributed by atoms with Crippen molar-refractivity contribution in [3.05, 3.63) is 29.3 Å². The minimum Gasteiger partial charge on any atom is -0.496 e. The summed E-state index contributed by atoms with van der Waals surface area (Å²) >= 11 is 3.59. The monoisotopic (exact) mass is 270 g/mol. The third-order valence-electron chi connectivity index (χ3n) is 2.65. The third-order valence-corrected chi connectivity index (χ3v) is 3.43. The van der Waals surface area contributed by atoms with Crippen molar-refractivity contribution < 1.29 is 4.74 Å². The molecule has 0 saturated heterocycles. The number of methoxy groups -OCH3 is 1. The fourth-order valence-electron chi connectivity index (χ4n) is 1.84. The number of aryl methyl sites for hydroxylation is 1. The maximum Gasteiger partial charge on any atom is 0.122 e. The maximum atomic E-state index is 5.41. The highest BCUT2D eigenvalue weighted by atomic mass is 79.9. The van der Waals surface area contributed by atoms with Crippen LogP contribution >= 0.6 is 15.9 Å². The fourth-order valence-corrected chi connectivity index (χ4v) is 2.51. The Kier molecular flexibility index (Phi) is 5.16. The molecule has 1 atom stereocenters. The Hall–Kier alpha value is -0.500. The van der Waals surface area contributed by atoms with Crippen LogP contribution in [0.2, 0.25) is 0 Å². The highest BCUT2D eigenvalue weighted by Crippen LogP contribution is 2.31. The van der Waals surface area contributed by atoms with Gasteiger partial charge in [0.05, 0.1) is 7.11 Å². The lowest BCUT2D eigenvalue weighted by Crippen LogP contribution is -2.03. The molecule has 1 rings (SSSR count). The van der Waals surface area contributed by atoms with E-state index in [1.54, 1.807) is 7.11 Å². The van der Waals surface area contributed by atoms with Crippen LogP contribution in [0.25, 0.3) is 0 Å². The zero-order valence-corrected chi connectivity index (χ0v) is 11.3. The largest absolute Gasteiger partial charge is 0.496 e. The van der Waals surface area contributed by atoms with Gasteiger partial charge in [0.2, 0.25) is 0 Å². The van der Waals surface area contributed by atoms with Gasteiger partial charge in [-0.3, -0.25) is 0 Å². The highest BCUT2D eigenvalue weighted by molar-refractivity contribution is 9.09. The van der Waals surface area contributed by atoms with E-state index in [0.717, 1.165) is 11.1 Å². The van der Waals surface area contributed by atoms with Crippen molar-refractivity contribution in [3.63, 3.8) is 0 Å². The molecule has 15 heavy (non-hydrogen) atoms. The Balaban J connectivity index is 3.02. The van der Waals surface area contributed by atoms with Crippen molar-refractivity contribution in [3.8, 4) is 5.75 Å².